The number of aliphatic hydroxyl groups excluding tert-OH is 4. The van der Waals surface area contributed by atoms with E-state index in [1.54, 1.807) is 6.92 Å². The first kappa shape index (κ1) is 25.1. The van der Waals surface area contributed by atoms with Crippen LogP contribution in [-0.4, -0.2) is 75.5 Å². The van der Waals surface area contributed by atoms with Gasteiger partial charge in [-0.05, 0) is 61.6 Å². The molecule has 32 heavy (non-hydrogen) atoms. The van der Waals surface area contributed by atoms with Crippen LogP contribution < -0.4 is 0 Å². The summed E-state index contributed by atoms with van der Waals surface area (Å²) in [6.07, 6.45) is -1.47. The number of ether oxygens (including phenoxy) is 1. The highest BCUT2D eigenvalue weighted by Gasteiger charge is 2.43. The highest BCUT2D eigenvalue weighted by atomic mass is 35.5. The maximum atomic E-state index is 10.2. The van der Waals surface area contributed by atoms with Crippen LogP contribution in [0, 0.1) is 0 Å². The van der Waals surface area contributed by atoms with Gasteiger partial charge >= 0.3 is 0 Å². The first-order valence-electron chi connectivity index (χ1n) is 11.3. The van der Waals surface area contributed by atoms with Crippen molar-refractivity contribution < 1.29 is 25.2 Å². The van der Waals surface area contributed by atoms with E-state index in [2.05, 4.69) is 24.3 Å². The van der Waals surface area contributed by atoms with Crippen LogP contribution in [0.2, 0.25) is 5.02 Å². The molecule has 2 aromatic rings. The molecule has 7 heteroatoms. The van der Waals surface area contributed by atoms with E-state index in [4.69, 9.17) is 16.3 Å². The Kier molecular flexibility index (Phi) is 9.49. The number of rotatable bonds is 10. The molecule has 0 aromatic heterocycles. The van der Waals surface area contributed by atoms with Crippen molar-refractivity contribution >= 4 is 11.6 Å². The molecule has 176 valence electrons. The van der Waals surface area contributed by atoms with E-state index in [0.29, 0.717) is 19.8 Å². The van der Waals surface area contributed by atoms with Gasteiger partial charge in [-0.1, -0.05) is 48.0 Å². The van der Waals surface area contributed by atoms with Crippen LogP contribution in [0.5, 0.6) is 0 Å². The summed E-state index contributed by atoms with van der Waals surface area (Å²) in [4.78, 5) is 1.87. The standard InChI is InChI=1S/C25H34ClNO5/c1-17(28)23-25(31)24(30)22(29)15-27(23)13-3-2-4-14-32-16-18-5-7-19(8-6-18)20-9-11-21(26)12-10-20/h5-12,17,22-25,28-31H,2-4,13-16H2,1H3/t17-,22+,23+,24-,25-/m1/s1. The second-order valence-electron chi connectivity index (χ2n) is 8.59. The fraction of sp³-hybridized carbons (Fsp3) is 0.520. The number of hydrogen-bond donors (Lipinski definition) is 4. The molecule has 1 aliphatic rings. The Morgan fingerprint density at radius 1 is 0.938 bits per heavy atom. The molecule has 4 N–H and O–H groups in total. The van der Waals surface area contributed by atoms with Gasteiger partial charge in [0.25, 0.3) is 0 Å². The first-order chi connectivity index (χ1) is 15.4. The molecule has 1 aliphatic heterocycles. The number of nitrogens with zero attached hydrogens (tertiary/aromatic N) is 1. The van der Waals surface area contributed by atoms with Crippen LogP contribution in [-0.2, 0) is 11.3 Å². The van der Waals surface area contributed by atoms with Gasteiger partial charge in [0, 0.05) is 18.2 Å². The topological polar surface area (TPSA) is 93.4 Å². The second kappa shape index (κ2) is 12.1. The van der Waals surface area contributed by atoms with E-state index in [1.807, 2.05) is 29.2 Å². The molecule has 3 rings (SSSR count). The second-order valence-corrected chi connectivity index (χ2v) is 9.03. The van der Waals surface area contributed by atoms with Crippen molar-refractivity contribution in [2.45, 2.75) is 63.3 Å². The zero-order chi connectivity index (χ0) is 23.1. The van der Waals surface area contributed by atoms with Crippen molar-refractivity contribution in [3.63, 3.8) is 0 Å². The molecule has 1 heterocycles. The summed E-state index contributed by atoms with van der Waals surface area (Å²) in [7, 11) is 0. The Morgan fingerprint density at radius 3 is 2.19 bits per heavy atom. The van der Waals surface area contributed by atoms with E-state index in [0.717, 1.165) is 41.0 Å². The summed E-state index contributed by atoms with van der Waals surface area (Å²) in [5.41, 5.74) is 3.39. The predicted octanol–water partition coefficient (Wildman–Crippen LogP) is 2.84. The van der Waals surface area contributed by atoms with Gasteiger partial charge in [-0.3, -0.25) is 4.90 Å². The summed E-state index contributed by atoms with van der Waals surface area (Å²) in [5.74, 6) is 0. The van der Waals surface area contributed by atoms with Gasteiger partial charge in [0.1, 0.15) is 12.2 Å². The SMILES string of the molecule is C[C@@H](O)[C@H]1[C@@H](O)[C@H](O)[C@@H](O)CN1CCCCCOCc1ccc(-c2ccc(Cl)cc2)cc1. The lowest BCUT2D eigenvalue weighted by molar-refractivity contribution is -0.157. The summed E-state index contributed by atoms with van der Waals surface area (Å²) >= 11 is 5.94. The lowest BCUT2D eigenvalue weighted by Gasteiger charge is -2.45. The Hall–Kier alpha value is -1.51. The molecule has 0 aliphatic carbocycles. The average molecular weight is 464 g/mol. The molecule has 0 unspecified atom stereocenters. The summed E-state index contributed by atoms with van der Waals surface area (Å²) in [6.45, 7) is 3.70. The van der Waals surface area contributed by atoms with Gasteiger partial charge in [0.2, 0.25) is 0 Å². The minimum absolute atomic E-state index is 0.246. The monoisotopic (exact) mass is 463 g/mol. The van der Waals surface area contributed by atoms with Gasteiger partial charge in [-0.2, -0.15) is 0 Å². The van der Waals surface area contributed by atoms with Crippen LogP contribution in [0.3, 0.4) is 0 Å². The normalized spacial score (nSPS) is 25.1. The number of benzene rings is 2. The maximum absolute atomic E-state index is 10.2. The van der Waals surface area contributed by atoms with Gasteiger partial charge in [0.15, 0.2) is 0 Å². The van der Waals surface area contributed by atoms with Crippen molar-refractivity contribution in [2.75, 3.05) is 19.7 Å². The molecule has 6 nitrogen and oxygen atoms in total. The zero-order valence-electron chi connectivity index (χ0n) is 18.5. The molecule has 1 saturated heterocycles. The van der Waals surface area contributed by atoms with Crippen molar-refractivity contribution in [3.8, 4) is 11.1 Å². The van der Waals surface area contributed by atoms with E-state index < -0.39 is 30.5 Å². The number of piperidine rings is 1. The fourth-order valence-corrected chi connectivity index (χ4v) is 4.39. The number of unbranched alkanes of at least 4 members (excludes halogenated alkanes) is 2. The third-order valence-electron chi connectivity index (χ3n) is 6.07. The van der Waals surface area contributed by atoms with Crippen molar-refractivity contribution in [2.24, 2.45) is 0 Å². The number of likely N-dealkylation sites (tertiary alicyclic amines) is 1. The first-order valence-corrected chi connectivity index (χ1v) is 11.6. The van der Waals surface area contributed by atoms with Crippen LogP contribution in [0.1, 0.15) is 31.7 Å². The quantitative estimate of drug-likeness (QED) is 0.405. The molecule has 2 aromatic carbocycles. The van der Waals surface area contributed by atoms with Crippen LogP contribution in [0.25, 0.3) is 11.1 Å². The molecule has 0 amide bonds. The van der Waals surface area contributed by atoms with Crippen molar-refractivity contribution in [1.82, 2.24) is 4.90 Å². The minimum Gasteiger partial charge on any atom is -0.392 e. The average Bonchev–Trinajstić information content (AvgIpc) is 2.77. The summed E-state index contributed by atoms with van der Waals surface area (Å²) < 4.78 is 5.80. The van der Waals surface area contributed by atoms with Crippen molar-refractivity contribution in [3.05, 3.63) is 59.1 Å². The lowest BCUT2D eigenvalue weighted by Crippen LogP contribution is -2.64. The fourth-order valence-electron chi connectivity index (χ4n) is 4.27. The van der Waals surface area contributed by atoms with Gasteiger partial charge in [-0.15, -0.1) is 0 Å². The number of aliphatic hydroxyl groups is 4. The number of halogens is 1. The molecule has 5 atom stereocenters. The van der Waals surface area contributed by atoms with E-state index in [9.17, 15) is 20.4 Å². The smallest absolute Gasteiger partial charge is 0.109 e. The third kappa shape index (κ3) is 6.75. The van der Waals surface area contributed by atoms with E-state index >= 15 is 0 Å². The molecular weight excluding hydrogens is 430 g/mol. The largest absolute Gasteiger partial charge is 0.392 e. The number of hydrogen-bond acceptors (Lipinski definition) is 6. The Labute approximate surface area is 195 Å². The van der Waals surface area contributed by atoms with E-state index in [-0.39, 0.29) is 6.54 Å². The predicted molar refractivity (Wildman–Crippen MR) is 125 cm³/mol. The van der Waals surface area contributed by atoms with E-state index in [1.165, 1.54) is 0 Å². The maximum Gasteiger partial charge on any atom is 0.109 e. The molecular formula is C25H34ClNO5. The highest BCUT2D eigenvalue weighted by Crippen LogP contribution is 2.23. The van der Waals surface area contributed by atoms with Gasteiger partial charge in [-0.25, -0.2) is 0 Å². The third-order valence-corrected chi connectivity index (χ3v) is 6.32. The molecule has 0 bridgehead atoms. The Balaban J connectivity index is 1.34. The summed E-state index contributed by atoms with van der Waals surface area (Å²) in [5, 5.41) is 40.7. The number of β-amino-alcohol motifs (C(OH)–C–C–N with tert-alkyl or cyclic N) is 1. The van der Waals surface area contributed by atoms with Gasteiger partial charge < -0.3 is 25.2 Å². The molecule has 0 spiro atoms. The molecule has 1 fully saturated rings. The summed E-state index contributed by atoms with van der Waals surface area (Å²) in [6, 6.07) is 15.5. The van der Waals surface area contributed by atoms with Crippen molar-refractivity contribution in [1.29, 1.82) is 0 Å². The van der Waals surface area contributed by atoms with Crippen LogP contribution in [0.4, 0.5) is 0 Å². The Bertz CT molecular complexity index is 814. The van der Waals surface area contributed by atoms with Crippen LogP contribution >= 0.6 is 11.6 Å². The zero-order valence-corrected chi connectivity index (χ0v) is 19.2. The highest BCUT2D eigenvalue weighted by molar-refractivity contribution is 6.30. The molecule has 0 saturated carbocycles. The Morgan fingerprint density at radius 2 is 1.56 bits per heavy atom. The van der Waals surface area contributed by atoms with Gasteiger partial charge in [0.05, 0.1) is 24.9 Å². The lowest BCUT2D eigenvalue weighted by atomic mass is 9.90. The van der Waals surface area contributed by atoms with Crippen LogP contribution in [0.15, 0.2) is 48.5 Å². The minimum atomic E-state index is -1.22. The molecule has 0 radical (unpaired) electrons.